The molecule has 1 atom stereocenters. The van der Waals surface area contributed by atoms with Crippen LogP contribution >= 0.6 is 0 Å². The van der Waals surface area contributed by atoms with Crippen molar-refractivity contribution in [3.8, 4) is 0 Å². The molecule has 0 heterocycles. The highest BCUT2D eigenvalue weighted by atomic mass is 16.5. The molecule has 0 spiro atoms. The van der Waals surface area contributed by atoms with Crippen LogP contribution in [0.3, 0.4) is 0 Å². The number of aliphatic carboxylic acids is 1. The van der Waals surface area contributed by atoms with E-state index in [2.05, 4.69) is 0 Å². The summed E-state index contributed by atoms with van der Waals surface area (Å²) in [7, 11) is 0. The monoisotopic (exact) mass is 149 g/mol. The van der Waals surface area contributed by atoms with Gasteiger partial charge in [0.15, 0.2) is 0 Å². The minimum atomic E-state index is -1.08. The van der Waals surface area contributed by atoms with E-state index < -0.39 is 5.97 Å². The van der Waals surface area contributed by atoms with Crippen molar-refractivity contribution in [2.24, 2.45) is 0 Å². The molecule has 3 N–H and O–H groups in total. The first-order chi connectivity index (χ1) is 4.54. The lowest BCUT2D eigenvalue weighted by molar-refractivity contribution is -0.908. The van der Waals surface area contributed by atoms with Crippen molar-refractivity contribution >= 4 is 5.97 Å². The van der Waals surface area contributed by atoms with Crippen LogP contribution in [0.2, 0.25) is 0 Å². The van der Waals surface area contributed by atoms with Crippen LogP contribution in [0.4, 0.5) is 0 Å². The van der Waals surface area contributed by atoms with Crippen molar-refractivity contribution in [1.29, 1.82) is 0 Å². The lowest BCUT2D eigenvalue weighted by atomic mass is 10.3. The van der Waals surface area contributed by atoms with Gasteiger partial charge in [-0.15, -0.1) is 0 Å². The molecule has 0 aliphatic heterocycles. The number of hydroxylamine groups is 1. The van der Waals surface area contributed by atoms with Crippen molar-refractivity contribution in [3.05, 3.63) is 0 Å². The smallest absolute Gasteiger partial charge is 0.112 e. The van der Waals surface area contributed by atoms with Crippen molar-refractivity contribution in [2.75, 3.05) is 0 Å². The van der Waals surface area contributed by atoms with Gasteiger partial charge in [0.25, 0.3) is 0 Å². The minimum absolute atomic E-state index is 0.366. The predicted molar refractivity (Wildman–Crippen MR) is 34.1 cm³/mol. The second kappa shape index (κ2) is 8.39. The van der Waals surface area contributed by atoms with Crippen LogP contribution in [-0.4, -0.2) is 17.2 Å². The second-order valence-corrected chi connectivity index (χ2v) is 2.03. The summed E-state index contributed by atoms with van der Waals surface area (Å²) < 4.78 is 0. The Labute approximate surface area is 60.8 Å². The third kappa shape index (κ3) is 26.3. The van der Waals surface area contributed by atoms with Gasteiger partial charge in [-0.05, 0) is 20.3 Å². The second-order valence-electron chi connectivity index (χ2n) is 2.03. The van der Waals surface area contributed by atoms with E-state index in [1.807, 2.05) is 13.8 Å². The maximum Gasteiger partial charge on any atom is 0.112 e. The molecule has 10 heavy (non-hydrogen) atoms. The Balaban J connectivity index is 0. The van der Waals surface area contributed by atoms with Gasteiger partial charge in [-0.2, -0.15) is 0 Å². The highest BCUT2D eigenvalue weighted by Gasteiger charge is 1.93. The maximum atomic E-state index is 8.89. The molecule has 0 radical (unpaired) electrons. The fraction of sp³-hybridized carbons (Fsp3) is 0.833. The minimum Gasteiger partial charge on any atom is -0.550 e. The van der Waals surface area contributed by atoms with Crippen LogP contribution in [-0.2, 0) is 4.79 Å². The summed E-state index contributed by atoms with van der Waals surface area (Å²) in [6.07, 6.45) is 1.02. The predicted octanol–water partition coefficient (Wildman–Crippen LogP) is -1.51. The van der Waals surface area contributed by atoms with Gasteiger partial charge in [0, 0.05) is 5.97 Å². The SMILES string of the molecule is CC(=O)[O-].CCC(C)[NH2+]O. The van der Waals surface area contributed by atoms with Gasteiger partial charge < -0.3 is 9.90 Å². The molecule has 0 aromatic carbocycles. The number of rotatable bonds is 2. The summed E-state index contributed by atoms with van der Waals surface area (Å²) in [6.45, 7) is 4.98. The molecule has 0 rings (SSSR count). The molecule has 0 aliphatic rings. The zero-order valence-corrected chi connectivity index (χ0v) is 6.63. The number of carbonyl (C=O) groups excluding carboxylic acids is 1. The Hall–Kier alpha value is -0.610. The molecule has 62 valence electrons. The van der Waals surface area contributed by atoms with Gasteiger partial charge in [0.05, 0.1) is 0 Å². The average Bonchev–Trinajstić information content (AvgIpc) is 1.85. The summed E-state index contributed by atoms with van der Waals surface area (Å²) >= 11 is 0. The van der Waals surface area contributed by atoms with E-state index in [1.165, 1.54) is 5.48 Å². The normalized spacial score (nSPS) is 11.2. The molecule has 0 saturated carbocycles. The molecule has 4 nitrogen and oxygen atoms in total. The number of hydrogen-bond donors (Lipinski definition) is 2. The van der Waals surface area contributed by atoms with E-state index in [4.69, 9.17) is 15.1 Å². The van der Waals surface area contributed by atoms with Crippen LogP contribution in [0, 0.1) is 0 Å². The Kier molecular flexibility index (Phi) is 10.2. The average molecular weight is 149 g/mol. The van der Waals surface area contributed by atoms with Crippen LogP contribution in [0.5, 0.6) is 0 Å². The van der Waals surface area contributed by atoms with Crippen LogP contribution < -0.4 is 10.6 Å². The Morgan fingerprint density at radius 3 is 2.10 bits per heavy atom. The molecule has 0 aromatic heterocycles. The number of carbonyl (C=O) groups is 1. The zero-order chi connectivity index (χ0) is 8.57. The molecule has 0 aliphatic carbocycles. The fourth-order valence-electron chi connectivity index (χ4n) is 0.105. The van der Waals surface area contributed by atoms with Crippen LogP contribution in [0.25, 0.3) is 0 Å². The van der Waals surface area contributed by atoms with Gasteiger partial charge in [0.2, 0.25) is 0 Å². The van der Waals surface area contributed by atoms with E-state index in [9.17, 15) is 0 Å². The molecular formula is C6H15NO3. The van der Waals surface area contributed by atoms with E-state index in [0.717, 1.165) is 13.3 Å². The first-order valence-electron chi connectivity index (χ1n) is 3.19. The summed E-state index contributed by atoms with van der Waals surface area (Å²) in [5.74, 6) is -1.08. The molecule has 0 saturated heterocycles. The van der Waals surface area contributed by atoms with E-state index >= 15 is 0 Å². The molecule has 1 unspecified atom stereocenters. The largest absolute Gasteiger partial charge is 0.550 e. The molecule has 0 aromatic rings. The number of carboxylic acids is 1. The third-order valence-electron chi connectivity index (χ3n) is 0.898. The molecule has 0 bridgehead atoms. The van der Waals surface area contributed by atoms with Gasteiger partial charge in [0.1, 0.15) is 6.04 Å². The first-order valence-corrected chi connectivity index (χ1v) is 3.19. The van der Waals surface area contributed by atoms with E-state index in [-0.39, 0.29) is 0 Å². The van der Waals surface area contributed by atoms with Gasteiger partial charge >= 0.3 is 0 Å². The van der Waals surface area contributed by atoms with Crippen molar-refractivity contribution in [1.82, 2.24) is 0 Å². The van der Waals surface area contributed by atoms with Crippen molar-refractivity contribution < 1.29 is 20.6 Å². The van der Waals surface area contributed by atoms with Gasteiger partial charge in [-0.1, -0.05) is 6.92 Å². The van der Waals surface area contributed by atoms with Crippen molar-refractivity contribution in [3.63, 3.8) is 0 Å². The van der Waals surface area contributed by atoms with E-state index in [1.54, 1.807) is 0 Å². The third-order valence-corrected chi connectivity index (χ3v) is 0.898. The first kappa shape index (κ1) is 12.1. The number of quaternary nitrogens is 1. The molecule has 0 amide bonds. The summed E-state index contributed by atoms with van der Waals surface area (Å²) in [4.78, 5) is 8.89. The zero-order valence-electron chi connectivity index (χ0n) is 6.63. The highest BCUT2D eigenvalue weighted by molar-refractivity contribution is 5.60. The lowest BCUT2D eigenvalue weighted by Crippen LogP contribution is -2.85. The number of hydrogen-bond acceptors (Lipinski definition) is 3. The van der Waals surface area contributed by atoms with Crippen molar-refractivity contribution in [2.45, 2.75) is 33.2 Å². The standard InChI is InChI=1S/C4H11NO.C2H4O2/c1-3-4(2)5-6;1-2(3)4/h4-6H,3H2,1-2H3;1H3,(H,3,4). The van der Waals surface area contributed by atoms with Crippen LogP contribution in [0.15, 0.2) is 0 Å². The lowest BCUT2D eigenvalue weighted by Gasteiger charge is -1.95. The van der Waals surface area contributed by atoms with Gasteiger partial charge in [-0.3, -0.25) is 0 Å². The maximum absolute atomic E-state index is 8.89. The van der Waals surface area contributed by atoms with Crippen LogP contribution in [0.1, 0.15) is 27.2 Å². The summed E-state index contributed by atoms with van der Waals surface area (Å²) in [5.41, 5.74) is 1.22. The quantitative estimate of drug-likeness (QED) is 0.469. The highest BCUT2D eigenvalue weighted by Crippen LogP contribution is 1.75. The summed E-state index contributed by atoms with van der Waals surface area (Å²) in [5, 5.41) is 17.1. The number of nitrogens with two attached hydrogens (primary N) is 1. The fourth-order valence-corrected chi connectivity index (χ4v) is 0.105. The Bertz CT molecular complexity index is 77.1. The Morgan fingerprint density at radius 2 is 2.10 bits per heavy atom. The Morgan fingerprint density at radius 1 is 1.80 bits per heavy atom. The van der Waals surface area contributed by atoms with Gasteiger partial charge in [-0.25, -0.2) is 10.7 Å². The molecule has 0 fully saturated rings. The van der Waals surface area contributed by atoms with E-state index in [0.29, 0.717) is 6.04 Å². The topological polar surface area (TPSA) is 77.0 Å². The summed E-state index contributed by atoms with van der Waals surface area (Å²) in [6, 6.07) is 0.366. The molecule has 4 heteroatoms. The number of carboxylic acid groups (broad SMARTS) is 1. The molecular weight excluding hydrogens is 134 g/mol.